The van der Waals surface area contributed by atoms with E-state index < -0.39 is 0 Å². The SMILES string of the molecule is C=NNOC(=O)C(CC)CCC. The molecule has 4 nitrogen and oxygen atoms in total. The van der Waals surface area contributed by atoms with Crippen LogP contribution in [-0.2, 0) is 9.63 Å². The first-order valence-electron chi connectivity index (χ1n) is 4.17. The van der Waals surface area contributed by atoms with E-state index in [1.807, 2.05) is 13.8 Å². The summed E-state index contributed by atoms with van der Waals surface area (Å²) < 4.78 is 0. The molecule has 1 unspecified atom stereocenters. The second-order valence-electron chi connectivity index (χ2n) is 2.56. The fraction of sp³-hybridized carbons (Fsp3) is 0.750. The Bertz CT molecular complexity index is 148. The predicted octanol–water partition coefficient (Wildman–Crippen LogP) is 1.48. The fourth-order valence-corrected chi connectivity index (χ4v) is 0.998. The van der Waals surface area contributed by atoms with Crippen molar-refractivity contribution in [3.63, 3.8) is 0 Å². The van der Waals surface area contributed by atoms with E-state index in [1.165, 1.54) is 0 Å². The molecule has 0 spiro atoms. The molecule has 0 amide bonds. The zero-order valence-corrected chi connectivity index (χ0v) is 7.67. The lowest BCUT2D eigenvalue weighted by molar-refractivity contribution is -0.156. The average Bonchev–Trinajstić information content (AvgIpc) is 2.10. The van der Waals surface area contributed by atoms with Crippen LogP contribution in [0.2, 0.25) is 0 Å². The van der Waals surface area contributed by atoms with Gasteiger partial charge in [-0.3, -0.25) is 0 Å². The van der Waals surface area contributed by atoms with E-state index in [0.29, 0.717) is 0 Å². The molecular weight excluding hydrogens is 156 g/mol. The van der Waals surface area contributed by atoms with E-state index in [2.05, 4.69) is 22.2 Å². The molecule has 0 bridgehead atoms. The van der Waals surface area contributed by atoms with E-state index in [0.717, 1.165) is 19.3 Å². The number of nitrogens with one attached hydrogen (secondary N) is 1. The van der Waals surface area contributed by atoms with E-state index in [4.69, 9.17) is 0 Å². The van der Waals surface area contributed by atoms with Gasteiger partial charge in [0.05, 0.1) is 5.92 Å². The monoisotopic (exact) mass is 172 g/mol. The standard InChI is InChI=1S/C8H16N2O2/c1-4-6-7(5-2)8(11)12-10-9-3/h7,10H,3-6H2,1-2H3. The Morgan fingerprint density at radius 3 is 2.75 bits per heavy atom. The first-order valence-corrected chi connectivity index (χ1v) is 4.17. The van der Waals surface area contributed by atoms with Crippen molar-refractivity contribution in [3.05, 3.63) is 0 Å². The highest BCUT2D eigenvalue weighted by atomic mass is 16.7. The minimum absolute atomic E-state index is 0.0238. The molecule has 0 aliphatic heterocycles. The van der Waals surface area contributed by atoms with Crippen molar-refractivity contribution >= 4 is 12.7 Å². The second-order valence-corrected chi connectivity index (χ2v) is 2.56. The van der Waals surface area contributed by atoms with Gasteiger partial charge in [0.25, 0.3) is 0 Å². The quantitative estimate of drug-likeness (QED) is 0.487. The number of carbonyl (C=O) groups excluding carboxylic acids is 1. The maximum absolute atomic E-state index is 11.2. The van der Waals surface area contributed by atoms with Crippen LogP contribution >= 0.6 is 0 Å². The van der Waals surface area contributed by atoms with Gasteiger partial charge >= 0.3 is 5.97 Å². The van der Waals surface area contributed by atoms with Crippen molar-refractivity contribution in [1.82, 2.24) is 5.59 Å². The molecule has 0 rings (SSSR count). The fourth-order valence-electron chi connectivity index (χ4n) is 0.998. The van der Waals surface area contributed by atoms with Gasteiger partial charge in [-0.2, -0.15) is 5.10 Å². The van der Waals surface area contributed by atoms with Crippen molar-refractivity contribution in [2.45, 2.75) is 33.1 Å². The number of hydrogen-bond acceptors (Lipinski definition) is 4. The van der Waals surface area contributed by atoms with Gasteiger partial charge in [0, 0.05) is 6.72 Å². The number of nitrogens with zero attached hydrogens (tertiary/aromatic N) is 1. The largest absolute Gasteiger partial charge is 0.337 e. The lowest BCUT2D eigenvalue weighted by Gasteiger charge is -2.10. The van der Waals surface area contributed by atoms with E-state index in [1.54, 1.807) is 0 Å². The number of hydrazone groups is 1. The zero-order chi connectivity index (χ0) is 9.40. The molecular formula is C8H16N2O2. The molecule has 1 atom stereocenters. The van der Waals surface area contributed by atoms with Gasteiger partial charge < -0.3 is 4.84 Å². The first-order chi connectivity index (χ1) is 5.76. The maximum Gasteiger partial charge on any atom is 0.337 e. The molecule has 1 N–H and O–H groups in total. The molecule has 0 aliphatic rings. The third-order valence-electron chi connectivity index (χ3n) is 1.67. The summed E-state index contributed by atoms with van der Waals surface area (Å²) in [7, 11) is 0. The third-order valence-corrected chi connectivity index (χ3v) is 1.67. The van der Waals surface area contributed by atoms with Gasteiger partial charge in [0.15, 0.2) is 0 Å². The molecule has 0 saturated carbocycles. The average molecular weight is 172 g/mol. The zero-order valence-electron chi connectivity index (χ0n) is 7.67. The van der Waals surface area contributed by atoms with Crippen molar-refractivity contribution in [1.29, 1.82) is 0 Å². The minimum Gasteiger partial charge on any atom is -0.326 e. The van der Waals surface area contributed by atoms with Crippen LogP contribution < -0.4 is 5.59 Å². The molecule has 0 heterocycles. The molecule has 0 aromatic carbocycles. The van der Waals surface area contributed by atoms with Gasteiger partial charge in [-0.15, -0.1) is 5.59 Å². The lowest BCUT2D eigenvalue weighted by Crippen LogP contribution is -2.22. The summed E-state index contributed by atoms with van der Waals surface area (Å²) >= 11 is 0. The molecule has 0 aromatic rings. The van der Waals surface area contributed by atoms with Crippen molar-refractivity contribution in [2.24, 2.45) is 11.0 Å². The Balaban J connectivity index is 3.76. The molecule has 0 aromatic heterocycles. The summed E-state index contributed by atoms with van der Waals surface area (Å²) in [5.74, 6) is -0.281. The molecule has 0 saturated heterocycles. The van der Waals surface area contributed by atoms with Crippen molar-refractivity contribution in [3.8, 4) is 0 Å². The molecule has 12 heavy (non-hydrogen) atoms. The van der Waals surface area contributed by atoms with Crippen LogP contribution in [0, 0.1) is 5.92 Å². The van der Waals surface area contributed by atoms with Crippen LogP contribution in [0.25, 0.3) is 0 Å². The predicted molar refractivity (Wildman–Crippen MR) is 47.5 cm³/mol. The van der Waals surface area contributed by atoms with Crippen molar-refractivity contribution in [2.75, 3.05) is 0 Å². The van der Waals surface area contributed by atoms with E-state index >= 15 is 0 Å². The van der Waals surface area contributed by atoms with Crippen LogP contribution in [0.15, 0.2) is 5.10 Å². The van der Waals surface area contributed by atoms with Gasteiger partial charge in [0.2, 0.25) is 0 Å². The minimum atomic E-state index is -0.258. The maximum atomic E-state index is 11.2. The van der Waals surface area contributed by atoms with Crippen molar-refractivity contribution < 1.29 is 9.63 Å². The lowest BCUT2D eigenvalue weighted by atomic mass is 10.0. The molecule has 0 radical (unpaired) electrons. The van der Waals surface area contributed by atoms with Crippen LogP contribution in [0.3, 0.4) is 0 Å². The Hall–Kier alpha value is -1.06. The molecule has 70 valence electrons. The first kappa shape index (κ1) is 10.9. The smallest absolute Gasteiger partial charge is 0.326 e. The second kappa shape index (κ2) is 6.64. The Kier molecular flexibility index (Phi) is 6.05. The third kappa shape index (κ3) is 3.95. The Morgan fingerprint density at radius 1 is 1.67 bits per heavy atom. The van der Waals surface area contributed by atoms with Gasteiger partial charge in [-0.1, -0.05) is 20.3 Å². The van der Waals surface area contributed by atoms with E-state index in [9.17, 15) is 4.79 Å². The van der Waals surface area contributed by atoms with Crippen LogP contribution in [0.4, 0.5) is 0 Å². The van der Waals surface area contributed by atoms with Gasteiger partial charge in [0.1, 0.15) is 0 Å². The Labute approximate surface area is 72.9 Å². The van der Waals surface area contributed by atoms with Gasteiger partial charge in [-0.25, -0.2) is 4.79 Å². The van der Waals surface area contributed by atoms with E-state index in [-0.39, 0.29) is 11.9 Å². The molecule has 4 heteroatoms. The number of rotatable bonds is 6. The Morgan fingerprint density at radius 2 is 2.33 bits per heavy atom. The number of carbonyl (C=O) groups is 1. The highest BCUT2D eigenvalue weighted by Gasteiger charge is 2.16. The normalized spacial score (nSPS) is 11.8. The summed E-state index contributed by atoms with van der Waals surface area (Å²) in [5, 5.41) is 3.21. The highest BCUT2D eigenvalue weighted by molar-refractivity contribution is 5.71. The van der Waals surface area contributed by atoms with Crippen LogP contribution in [-0.4, -0.2) is 12.7 Å². The molecule has 0 aliphatic carbocycles. The van der Waals surface area contributed by atoms with Crippen LogP contribution in [0.5, 0.6) is 0 Å². The summed E-state index contributed by atoms with van der Waals surface area (Å²) in [6, 6.07) is 0. The number of hydrogen-bond donors (Lipinski definition) is 1. The summed E-state index contributed by atoms with van der Waals surface area (Å²) in [5.41, 5.74) is 2.09. The highest BCUT2D eigenvalue weighted by Crippen LogP contribution is 2.11. The van der Waals surface area contributed by atoms with Gasteiger partial charge in [-0.05, 0) is 12.8 Å². The molecule has 0 fully saturated rings. The summed E-state index contributed by atoms with van der Waals surface area (Å²) in [6.07, 6.45) is 2.63. The van der Waals surface area contributed by atoms with Crippen LogP contribution in [0.1, 0.15) is 33.1 Å². The summed E-state index contributed by atoms with van der Waals surface area (Å²) in [4.78, 5) is 15.7. The topological polar surface area (TPSA) is 50.7 Å². The summed E-state index contributed by atoms with van der Waals surface area (Å²) in [6.45, 7) is 7.12.